The van der Waals surface area contributed by atoms with Gasteiger partial charge in [0.25, 0.3) is 5.91 Å². The lowest BCUT2D eigenvalue weighted by molar-refractivity contribution is -0.122. The zero-order valence-corrected chi connectivity index (χ0v) is 16.9. The van der Waals surface area contributed by atoms with Crippen LogP contribution in [0.4, 0.5) is 10.5 Å². The molecular formula is C18H25N3O6S. The molecular weight excluding hydrogens is 386 g/mol. The Hall–Kier alpha value is -2.62. The summed E-state index contributed by atoms with van der Waals surface area (Å²) < 4.78 is 27.9. The van der Waals surface area contributed by atoms with Crippen LogP contribution in [0.5, 0.6) is 0 Å². The van der Waals surface area contributed by atoms with Crippen LogP contribution in [-0.4, -0.2) is 43.4 Å². The molecule has 1 aliphatic heterocycles. The van der Waals surface area contributed by atoms with Crippen molar-refractivity contribution in [3.8, 4) is 0 Å². The van der Waals surface area contributed by atoms with Crippen LogP contribution in [0.3, 0.4) is 0 Å². The summed E-state index contributed by atoms with van der Waals surface area (Å²) in [6, 6.07) is 6.03. The fourth-order valence-electron chi connectivity index (χ4n) is 2.67. The maximum absolute atomic E-state index is 12.1. The lowest BCUT2D eigenvalue weighted by Gasteiger charge is -2.19. The Balaban J connectivity index is 1.79. The van der Waals surface area contributed by atoms with Gasteiger partial charge in [0.1, 0.15) is 5.60 Å². The van der Waals surface area contributed by atoms with Crippen molar-refractivity contribution in [2.75, 3.05) is 16.8 Å². The molecule has 1 fully saturated rings. The van der Waals surface area contributed by atoms with Gasteiger partial charge in [-0.3, -0.25) is 25.8 Å². The van der Waals surface area contributed by atoms with Crippen molar-refractivity contribution in [1.29, 1.82) is 0 Å². The molecule has 1 aromatic carbocycles. The average molecular weight is 411 g/mol. The van der Waals surface area contributed by atoms with E-state index in [1.807, 2.05) is 0 Å². The van der Waals surface area contributed by atoms with Gasteiger partial charge in [0.05, 0.1) is 11.5 Å². The molecule has 0 saturated carbocycles. The molecule has 0 aliphatic carbocycles. The molecule has 28 heavy (non-hydrogen) atoms. The number of anilines is 1. The van der Waals surface area contributed by atoms with Gasteiger partial charge in [-0.1, -0.05) is 0 Å². The number of hydrazine groups is 1. The van der Waals surface area contributed by atoms with E-state index in [4.69, 9.17) is 4.74 Å². The highest BCUT2D eigenvalue weighted by atomic mass is 32.2. The largest absolute Gasteiger partial charge is 0.444 e. The summed E-state index contributed by atoms with van der Waals surface area (Å²) >= 11 is 0. The van der Waals surface area contributed by atoms with Crippen LogP contribution in [0.2, 0.25) is 0 Å². The normalized spacial score (nSPS) is 18.2. The average Bonchev–Trinajstić information content (AvgIpc) is 2.90. The van der Waals surface area contributed by atoms with Crippen molar-refractivity contribution in [3.05, 3.63) is 29.8 Å². The molecule has 0 aromatic heterocycles. The lowest BCUT2D eigenvalue weighted by Crippen LogP contribution is -2.42. The predicted octanol–water partition coefficient (Wildman–Crippen LogP) is 1.62. The van der Waals surface area contributed by atoms with Crippen LogP contribution >= 0.6 is 0 Å². The third-order valence-corrected chi connectivity index (χ3v) is 5.75. The van der Waals surface area contributed by atoms with Crippen LogP contribution in [0.25, 0.3) is 0 Å². The number of benzene rings is 1. The van der Waals surface area contributed by atoms with Crippen molar-refractivity contribution in [2.24, 2.45) is 5.92 Å². The molecule has 2 rings (SSSR count). The number of amides is 3. The smallest absolute Gasteiger partial charge is 0.412 e. The minimum Gasteiger partial charge on any atom is -0.444 e. The fourth-order valence-corrected chi connectivity index (χ4v) is 4.53. The molecule has 0 spiro atoms. The van der Waals surface area contributed by atoms with Crippen molar-refractivity contribution in [1.82, 2.24) is 10.9 Å². The standard InChI is InChI=1S/C18H25N3O6S/c1-18(2,3)27-17(24)19-14-6-4-13(5-7-14)16(23)21-20-15(22)10-12-8-9-28(25,26)11-12/h4-7,12H,8-11H2,1-3H3,(H,19,24)(H,20,22)(H,21,23)/t12-/m0/s1. The van der Waals surface area contributed by atoms with E-state index in [2.05, 4.69) is 16.2 Å². The van der Waals surface area contributed by atoms with Gasteiger partial charge in [0.2, 0.25) is 5.91 Å². The van der Waals surface area contributed by atoms with Crippen molar-refractivity contribution in [2.45, 2.75) is 39.2 Å². The van der Waals surface area contributed by atoms with E-state index in [-0.39, 0.29) is 29.4 Å². The molecule has 1 aromatic rings. The second-order valence-electron chi connectivity index (χ2n) is 7.68. The Bertz CT molecular complexity index is 843. The molecule has 1 heterocycles. The first-order valence-corrected chi connectivity index (χ1v) is 10.7. The first kappa shape index (κ1) is 21.7. The van der Waals surface area contributed by atoms with Gasteiger partial charge in [-0.25, -0.2) is 13.2 Å². The van der Waals surface area contributed by atoms with Crippen LogP contribution in [0.1, 0.15) is 44.0 Å². The molecule has 1 aliphatic rings. The minimum atomic E-state index is -3.04. The van der Waals surface area contributed by atoms with Crippen LogP contribution in [-0.2, 0) is 19.4 Å². The van der Waals surface area contributed by atoms with E-state index in [0.717, 1.165) is 0 Å². The number of hydrogen-bond acceptors (Lipinski definition) is 6. The summed E-state index contributed by atoms with van der Waals surface area (Å²) in [5, 5.41) is 2.55. The third kappa shape index (κ3) is 7.18. The topological polar surface area (TPSA) is 131 Å². The summed E-state index contributed by atoms with van der Waals surface area (Å²) in [4.78, 5) is 35.6. The van der Waals surface area contributed by atoms with Crippen molar-refractivity contribution < 1.29 is 27.5 Å². The summed E-state index contributed by atoms with van der Waals surface area (Å²) in [7, 11) is -3.04. The molecule has 10 heteroatoms. The Morgan fingerprint density at radius 3 is 2.29 bits per heavy atom. The monoisotopic (exact) mass is 411 g/mol. The lowest BCUT2D eigenvalue weighted by atomic mass is 10.1. The highest BCUT2D eigenvalue weighted by molar-refractivity contribution is 7.91. The van der Waals surface area contributed by atoms with E-state index in [9.17, 15) is 22.8 Å². The number of carbonyl (C=O) groups is 3. The maximum atomic E-state index is 12.1. The predicted molar refractivity (Wildman–Crippen MR) is 103 cm³/mol. The molecule has 9 nitrogen and oxygen atoms in total. The summed E-state index contributed by atoms with van der Waals surface area (Å²) in [5.41, 5.74) is 4.68. The number of sulfone groups is 1. The Labute approximate surface area is 164 Å². The van der Waals surface area contributed by atoms with Gasteiger partial charge in [-0.05, 0) is 57.4 Å². The van der Waals surface area contributed by atoms with E-state index in [1.54, 1.807) is 20.8 Å². The Morgan fingerprint density at radius 1 is 1.11 bits per heavy atom. The molecule has 1 saturated heterocycles. The van der Waals surface area contributed by atoms with Crippen LogP contribution in [0.15, 0.2) is 24.3 Å². The second-order valence-corrected chi connectivity index (χ2v) is 9.91. The number of carbonyl (C=O) groups excluding carboxylic acids is 3. The number of rotatable bonds is 4. The molecule has 3 N–H and O–H groups in total. The maximum Gasteiger partial charge on any atom is 0.412 e. The summed E-state index contributed by atoms with van der Waals surface area (Å²) in [5.74, 6) is -1.10. The molecule has 0 radical (unpaired) electrons. The molecule has 0 bridgehead atoms. The van der Waals surface area contributed by atoms with Crippen LogP contribution in [0, 0.1) is 5.92 Å². The SMILES string of the molecule is CC(C)(C)OC(=O)Nc1ccc(C(=O)NNC(=O)C[C@@H]2CCS(=O)(=O)C2)cc1. The Kier molecular flexibility index (Phi) is 6.65. The van der Waals surface area contributed by atoms with Gasteiger partial charge in [0.15, 0.2) is 9.84 Å². The fraction of sp³-hybridized carbons (Fsp3) is 0.500. The van der Waals surface area contributed by atoms with E-state index in [0.29, 0.717) is 12.1 Å². The molecule has 3 amide bonds. The number of hydrogen-bond donors (Lipinski definition) is 3. The van der Waals surface area contributed by atoms with Gasteiger partial charge >= 0.3 is 6.09 Å². The van der Waals surface area contributed by atoms with E-state index >= 15 is 0 Å². The van der Waals surface area contributed by atoms with Gasteiger partial charge in [-0.15, -0.1) is 0 Å². The van der Waals surface area contributed by atoms with Gasteiger partial charge < -0.3 is 4.74 Å². The minimum absolute atomic E-state index is 0.000473. The highest BCUT2D eigenvalue weighted by Crippen LogP contribution is 2.21. The first-order chi connectivity index (χ1) is 12.9. The second kappa shape index (κ2) is 8.59. The van der Waals surface area contributed by atoms with Crippen molar-refractivity contribution in [3.63, 3.8) is 0 Å². The van der Waals surface area contributed by atoms with Crippen LogP contribution < -0.4 is 16.2 Å². The van der Waals surface area contributed by atoms with E-state index < -0.39 is 33.3 Å². The third-order valence-electron chi connectivity index (χ3n) is 3.91. The number of nitrogens with one attached hydrogen (secondary N) is 3. The quantitative estimate of drug-likeness (QED) is 0.645. The zero-order valence-electron chi connectivity index (χ0n) is 16.1. The van der Waals surface area contributed by atoms with Gasteiger partial charge in [0, 0.05) is 17.7 Å². The molecule has 0 unspecified atom stereocenters. The Morgan fingerprint density at radius 2 is 1.75 bits per heavy atom. The molecule has 1 atom stereocenters. The zero-order chi connectivity index (χ0) is 20.9. The summed E-state index contributed by atoms with van der Waals surface area (Å²) in [6.45, 7) is 5.25. The highest BCUT2D eigenvalue weighted by Gasteiger charge is 2.29. The first-order valence-electron chi connectivity index (χ1n) is 8.83. The van der Waals surface area contributed by atoms with Crippen molar-refractivity contribution >= 4 is 33.4 Å². The summed E-state index contributed by atoms with van der Waals surface area (Å²) in [6.07, 6.45) is -0.112. The number of ether oxygens (including phenoxy) is 1. The van der Waals surface area contributed by atoms with Gasteiger partial charge in [-0.2, -0.15) is 0 Å². The van der Waals surface area contributed by atoms with E-state index in [1.165, 1.54) is 24.3 Å². The molecule has 154 valence electrons.